The molecular formula is C15H28O4. The van der Waals surface area contributed by atoms with Gasteiger partial charge >= 0.3 is 0 Å². The number of rotatable bonds is 8. The normalized spacial score (nSPS) is 30.4. The Bertz CT molecular complexity index is 320. The summed E-state index contributed by atoms with van der Waals surface area (Å²) < 4.78 is 0. The molecule has 0 bridgehead atoms. The molecule has 0 amide bonds. The lowest BCUT2D eigenvalue weighted by molar-refractivity contribution is -0.133. The molecule has 19 heavy (non-hydrogen) atoms. The molecule has 1 saturated carbocycles. The van der Waals surface area contributed by atoms with E-state index in [0.29, 0.717) is 0 Å². The fraction of sp³-hybridized carbons (Fsp3) is 0.933. The molecule has 0 spiro atoms. The first-order valence-corrected chi connectivity index (χ1v) is 7.33. The van der Waals surface area contributed by atoms with Crippen LogP contribution >= 0.6 is 0 Å². The molecule has 1 aliphatic carbocycles. The number of aliphatic hydroxyl groups is 3. The zero-order valence-electron chi connectivity index (χ0n) is 12.5. The topological polar surface area (TPSA) is 77.8 Å². The van der Waals surface area contributed by atoms with Gasteiger partial charge in [-0.3, -0.25) is 4.79 Å². The van der Waals surface area contributed by atoms with Crippen molar-refractivity contribution in [1.29, 1.82) is 0 Å². The van der Waals surface area contributed by atoms with Gasteiger partial charge in [-0.2, -0.15) is 0 Å². The van der Waals surface area contributed by atoms with Crippen LogP contribution in [0.2, 0.25) is 0 Å². The van der Waals surface area contributed by atoms with Crippen LogP contribution in [0.25, 0.3) is 0 Å². The van der Waals surface area contributed by atoms with Gasteiger partial charge < -0.3 is 15.3 Å². The van der Waals surface area contributed by atoms with Crippen molar-refractivity contribution in [2.24, 2.45) is 11.3 Å². The number of hydrogen-bond donors (Lipinski definition) is 3. The molecule has 1 aliphatic rings. The van der Waals surface area contributed by atoms with Crippen LogP contribution in [0.5, 0.6) is 0 Å². The quantitative estimate of drug-likeness (QED) is 0.628. The second kappa shape index (κ2) is 5.90. The summed E-state index contributed by atoms with van der Waals surface area (Å²) in [5.41, 5.74) is -2.03. The first-order valence-electron chi connectivity index (χ1n) is 7.33. The van der Waals surface area contributed by atoms with E-state index in [2.05, 4.69) is 0 Å². The monoisotopic (exact) mass is 272 g/mol. The van der Waals surface area contributed by atoms with Gasteiger partial charge in [-0.25, -0.2) is 0 Å². The minimum absolute atomic E-state index is 0.0369. The average molecular weight is 272 g/mol. The molecule has 1 fully saturated rings. The van der Waals surface area contributed by atoms with E-state index in [1.54, 1.807) is 13.8 Å². The summed E-state index contributed by atoms with van der Waals surface area (Å²) in [6.07, 6.45) is 1.41. The van der Waals surface area contributed by atoms with Crippen LogP contribution in [0.3, 0.4) is 0 Å². The number of carbonyl (C=O) groups is 1. The van der Waals surface area contributed by atoms with Gasteiger partial charge in [-0.1, -0.05) is 40.5 Å². The first kappa shape index (κ1) is 16.6. The average Bonchev–Trinajstić information content (AvgIpc) is 2.71. The lowest BCUT2D eigenvalue weighted by Crippen LogP contribution is -2.34. The molecule has 0 saturated heterocycles. The molecule has 4 heteroatoms. The third kappa shape index (κ3) is 3.01. The fourth-order valence-corrected chi connectivity index (χ4v) is 2.96. The molecule has 112 valence electrons. The summed E-state index contributed by atoms with van der Waals surface area (Å²) in [5.74, 6) is -0.385. The zero-order chi connectivity index (χ0) is 14.8. The maximum atomic E-state index is 12.1. The van der Waals surface area contributed by atoms with Crippen molar-refractivity contribution >= 4 is 5.78 Å². The van der Waals surface area contributed by atoms with E-state index < -0.39 is 23.2 Å². The Labute approximate surface area is 115 Å². The Kier molecular flexibility index (Phi) is 5.15. The van der Waals surface area contributed by atoms with Crippen molar-refractivity contribution < 1.29 is 20.1 Å². The van der Waals surface area contributed by atoms with Gasteiger partial charge in [0.1, 0.15) is 11.7 Å². The van der Waals surface area contributed by atoms with Gasteiger partial charge in [0.2, 0.25) is 0 Å². The number of ketones is 1. The predicted octanol–water partition coefficient (Wildman–Crippen LogP) is 1.65. The Balaban J connectivity index is 2.62. The van der Waals surface area contributed by atoms with E-state index >= 15 is 0 Å². The number of hydrogen-bond acceptors (Lipinski definition) is 4. The Morgan fingerprint density at radius 3 is 1.95 bits per heavy atom. The van der Waals surface area contributed by atoms with Gasteiger partial charge in [0.25, 0.3) is 0 Å². The van der Waals surface area contributed by atoms with Crippen molar-refractivity contribution in [3.63, 3.8) is 0 Å². The molecule has 3 atom stereocenters. The van der Waals surface area contributed by atoms with Gasteiger partial charge in [0.05, 0.1) is 6.10 Å². The highest BCUT2D eigenvalue weighted by Gasteiger charge is 2.71. The Hall–Kier alpha value is -0.450. The molecule has 0 aromatic carbocycles. The number of carbonyl (C=O) groups excluding carboxylic acids is 1. The molecule has 3 unspecified atom stereocenters. The second-order valence-electron chi connectivity index (χ2n) is 6.47. The van der Waals surface area contributed by atoms with E-state index in [4.69, 9.17) is 0 Å². The van der Waals surface area contributed by atoms with Crippen molar-refractivity contribution in [2.45, 2.75) is 77.6 Å². The first-order chi connectivity index (χ1) is 8.72. The molecule has 1 rings (SSSR count). The zero-order valence-corrected chi connectivity index (χ0v) is 12.5. The Morgan fingerprint density at radius 2 is 1.63 bits per heavy atom. The molecule has 0 radical (unpaired) electrons. The minimum Gasteiger partial charge on any atom is -0.389 e. The maximum absolute atomic E-state index is 12.1. The van der Waals surface area contributed by atoms with Crippen molar-refractivity contribution in [2.75, 3.05) is 0 Å². The molecule has 4 nitrogen and oxygen atoms in total. The van der Waals surface area contributed by atoms with Crippen LogP contribution in [-0.2, 0) is 4.79 Å². The van der Waals surface area contributed by atoms with E-state index in [1.807, 2.05) is 13.8 Å². The summed E-state index contributed by atoms with van der Waals surface area (Å²) in [6, 6.07) is 0. The molecular weight excluding hydrogens is 244 g/mol. The number of aliphatic hydroxyl groups excluding tert-OH is 2. The van der Waals surface area contributed by atoms with Gasteiger partial charge in [-0.05, 0) is 18.8 Å². The van der Waals surface area contributed by atoms with Crippen LogP contribution in [0.15, 0.2) is 0 Å². The molecule has 0 aromatic heterocycles. The Morgan fingerprint density at radius 1 is 1.21 bits per heavy atom. The van der Waals surface area contributed by atoms with Crippen molar-refractivity contribution in [1.82, 2.24) is 0 Å². The van der Waals surface area contributed by atoms with Crippen LogP contribution in [0, 0.1) is 11.3 Å². The smallest absolute Gasteiger partial charge is 0.164 e. The van der Waals surface area contributed by atoms with Crippen molar-refractivity contribution in [3.8, 4) is 0 Å². The summed E-state index contributed by atoms with van der Waals surface area (Å²) >= 11 is 0. The van der Waals surface area contributed by atoms with Gasteiger partial charge in [-0.15, -0.1) is 0 Å². The molecule has 0 aromatic rings. The summed E-state index contributed by atoms with van der Waals surface area (Å²) in [4.78, 5) is 12.1. The van der Waals surface area contributed by atoms with Crippen molar-refractivity contribution in [3.05, 3.63) is 0 Å². The SMILES string of the molecule is CCCC(CCC)C(O)C(=O)CC1(O)C(O)C1(C)C. The third-order valence-electron chi connectivity index (χ3n) is 4.71. The molecule has 0 aliphatic heterocycles. The van der Waals surface area contributed by atoms with Crippen LogP contribution < -0.4 is 0 Å². The highest BCUT2D eigenvalue weighted by atomic mass is 16.4. The summed E-state index contributed by atoms with van der Waals surface area (Å²) in [7, 11) is 0. The van der Waals surface area contributed by atoms with Gasteiger partial charge in [0.15, 0.2) is 5.78 Å². The number of Topliss-reactive ketones (excluding diaryl/α,β-unsaturated/α-hetero) is 1. The summed E-state index contributed by atoms with van der Waals surface area (Å²) in [6.45, 7) is 7.52. The lowest BCUT2D eigenvalue weighted by atomic mass is 9.87. The molecule has 0 heterocycles. The van der Waals surface area contributed by atoms with Crippen LogP contribution in [0.1, 0.15) is 59.8 Å². The summed E-state index contributed by atoms with van der Waals surface area (Å²) in [5, 5.41) is 30.1. The highest BCUT2D eigenvalue weighted by Crippen LogP contribution is 2.57. The molecule has 3 N–H and O–H groups in total. The largest absolute Gasteiger partial charge is 0.389 e. The standard InChI is InChI=1S/C15H28O4/c1-5-7-10(8-6-2)12(17)11(16)9-15(19)13(18)14(15,3)4/h10,12-13,17-19H,5-9H2,1-4H3. The lowest BCUT2D eigenvalue weighted by Gasteiger charge is -2.22. The van der Waals surface area contributed by atoms with Crippen LogP contribution in [-0.4, -0.2) is 38.9 Å². The minimum atomic E-state index is -1.37. The van der Waals surface area contributed by atoms with E-state index in [1.165, 1.54) is 0 Å². The highest BCUT2D eigenvalue weighted by molar-refractivity contribution is 5.85. The van der Waals surface area contributed by atoms with Gasteiger partial charge in [0, 0.05) is 11.8 Å². The van der Waals surface area contributed by atoms with E-state index in [-0.39, 0.29) is 18.1 Å². The third-order valence-corrected chi connectivity index (χ3v) is 4.71. The fourth-order valence-electron chi connectivity index (χ4n) is 2.96. The predicted molar refractivity (Wildman–Crippen MR) is 73.7 cm³/mol. The van der Waals surface area contributed by atoms with Crippen LogP contribution in [0.4, 0.5) is 0 Å². The second-order valence-corrected chi connectivity index (χ2v) is 6.47. The van der Waals surface area contributed by atoms with E-state index in [0.717, 1.165) is 25.7 Å². The van der Waals surface area contributed by atoms with E-state index in [9.17, 15) is 20.1 Å². The maximum Gasteiger partial charge on any atom is 0.164 e.